The zero-order valence-electron chi connectivity index (χ0n) is 15.4. The van der Waals surface area contributed by atoms with Crippen LogP contribution in [0.3, 0.4) is 0 Å². The van der Waals surface area contributed by atoms with Gasteiger partial charge in [0.05, 0.1) is 6.04 Å². The van der Waals surface area contributed by atoms with Gasteiger partial charge >= 0.3 is 0 Å². The van der Waals surface area contributed by atoms with E-state index in [-0.39, 0.29) is 0 Å². The summed E-state index contributed by atoms with van der Waals surface area (Å²) in [5, 5.41) is 0. The molecule has 2 unspecified atom stereocenters. The molecule has 0 aromatic carbocycles. The molecule has 4 rings (SSSR count). The predicted octanol–water partition coefficient (Wildman–Crippen LogP) is 3.18. The molecule has 2 aliphatic heterocycles. The maximum atomic E-state index is 12.9. The van der Waals surface area contributed by atoms with Crippen molar-refractivity contribution in [3.8, 4) is 0 Å². The van der Waals surface area contributed by atoms with Crippen LogP contribution in [-0.4, -0.2) is 46.5 Å². The van der Waals surface area contributed by atoms with Crippen LogP contribution in [0.4, 0.5) is 5.82 Å². The van der Waals surface area contributed by atoms with E-state index in [9.17, 15) is 4.79 Å². The van der Waals surface area contributed by atoms with E-state index in [0.29, 0.717) is 23.8 Å². The molecule has 136 valence electrons. The molecule has 0 radical (unpaired) electrons. The minimum Gasteiger partial charge on any atom is -0.354 e. The van der Waals surface area contributed by atoms with Gasteiger partial charge in [0.15, 0.2) is 0 Å². The Hall–Kier alpha value is -1.65. The minimum absolute atomic E-state index is 0.375. The fourth-order valence-electron chi connectivity index (χ4n) is 5.03. The summed E-state index contributed by atoms with van der Waals surface area (Å²) in [5.74, 6) is 3.54. The molecule has 3 fully saturated rings. The van der Waals surface area contributed by atoms with Crippen LogP contribution in [0.5, 0.6) is 0 Å². The number of piperidine rings is 1. The third kappa shape index (κ3) is 3.65. The van der Waals surface area contributed by atoms with Crippen molar-refractivity contribution in [3.63, 3.8) is 0 Å². The van der Waals surface area contributed by atoms with E-state index in [4.69, 9.17) is 0 Å². The predicted molar refractivity (Wildman–Crippen MR) is 98.4 cm³/mol. The Labute approximate surface area is 150 Å². The van der Waals surface area contributed by atoms with Crippen molar-refractivity contribution in [1.29, 1.82) is 0 Å². The molecule has 3 aliphatic rings. The molecule has 2 atom stereocenters. The van der Waals surface area contributed by atoms with E-state index in [2.05, 4.69) is 19.8 Å². The zero-order valence-corrected chi connectivity index (χ0v) is 15.4. The Balaban J connectivity index is 1.42. The Morgan fingerprint density at radius 2 is 1.96 bits per heavy atom. The number of carbonyl (C=O) groups excluding carboxylic acids is 1. The third-order valence-corrected chi connectivity index (χ3v) is 6.46. The fourth-order valence-corrected chi connectivity index (χ4v) is 5.03. The summed E-state index contributed by atoms with van der Waals surface area (Å²) in [6.07, 6.45) is 11.4. The van der Waals surface area contributed by atoms with Crippen molar-refractivity contribution >= 4 is 11.7 Å². The van der Waals surface area contributed by atoms with E-state index >= 15 is 0 Å². The quantitative estimate of drug-likeness (QED) is 0.846. The van der Waals surface area contributed by atoms with Gasteiger partial charge in [0, 0.05) is 32.3 Å². The summed E-state index contributed by atoms with van der Waals surface area (Å²) in [7, 11) is 0. The highest BCUT2D eigenvalue weighted by Gasteiger charge is 2.41. The number of aromatic nitrogens is 2. The van der Waals surface area contributed by atoms with Gasteiger partial charge in [-0.1, -0.05) is 19.3 Å². The number of hydrogen-bond donors (Lipinski definition) is 0. The summed E-state index contributed by atoms with van der Waals surface area (Å²) < 4.78 is 0. The second-order valence-electron chi connectivity index (χ2n) is 8.11. The van der Waals surface area contributed by atoms with Gasteiger partial charge in [-0.25, -0.2) is 9.97 Å². The molecule has 25 heavy (non-hydrogen) atoms. The van der Waals surface area contributed by atoms with Crippen molar-refractivity contribution in [2.24, 2.45) is 11.8 Å². The van der Waals surface area contributed by atoms with E-state index in [1.165, 1.54) is 44.9 Å². The van der Waals surface area contributed by atoms with Gasteiger partial charge in [-0.3, -0.25) is 4.79 Å². The van der Waals surface area contributed by atoms with Crippen LogP contribution >= 0.6 is 0 Å². The van der Waals surface area contributed by atoms with Crippen molar-refractivity contribution in [2.75, 3.05) is 24.5 Å². The topological polar surface area (TPSA) is 49.3 Å². The molecule has 3 heterocycles. The van der Waals surface area contributed by atoms with E-state index in [0.717, 1.165) is 37.7 Å². The van der Waals surface area contributed by atoms with Crippen molar-refractivity contribution < 1.29 is 4.79 Å². The maximum absolute atomic E-state index is 12.9. The molecule has 1 saturated carbocycles. The van der Waals surface area contributed by atoms with Gasteiger partial charge in [0.1, 0.15) is 11.6 Å². The van der Waals surface area contributed by atoms with Crippen LogP contribution in [-0.2, 0) is 4.79 Å². The summed E-state index contributed by atoms with van der Waals surface area (Å²) in [6, 6.07) is 2.37. The highest BCUT2D eigenvalue weighted by Crippen LogP contribution is 2.35. The summed E-state index contributed by atoms with van der Waals surface area (Å²) >= 11 is 0. The fraction of sp³-hybridized carbons (Fsp3) is 0.750. The SMILES string of the molecule is Cc1nccc(N2CCC3CCN(C(=O)CC4CCCCC4)C3C2)n1. The van der Waals surface area contributed by atoms with Crippen LogP contribution in [0.25, 0.3) is 0 Å². The third-order valence-electron chi connectivity index (χ3n) is 6.46. The lowest BCUT2D eigenvalue weighted by Gasteiger charge is -2.39. The number of fused-ring (bicyclic) bond motifs is 1. The van der Waals surface area contributed by atoms with Crippen molar-refractivity contribution in [2.45, 2.75) is 64.3 Å². The summed E-state index contributed by atoms with van der Waals surface area (Å²) in [5.41, 5.74) is 0. The van der Waals surface area contributed by atoms with Crippen LogP contribution < -0.4 is 4.90 Å². The summed E-state index contributed by atoms with van der Waals surface area (Å²) in [6.45, 7) is 4.86. The Kier molecular flexibility index (Phi) is 4.91. The lowest BCUT2D eigenvalue weighted by molar-refractivity contribution is -0.133. The van der Waals surface area contributed by atoms with Crippen molar-refractivity contribution in [1.82, 2.24) is 14.9 Å². The van der Waals surface area contributed by atoms with E-state index in [1.54, 1.807) is 0 Å². The Morgan fingerprint density at radius 3 is 2.76 bits per heavy atom. The minimum atomic E-state index is 0.375. The van der Waals surface area contributed by atoms with Crippen LogP contribution in [0, 0.1) is 18.8 Å². The smallest absolute Gasteiger partial charge is 0.223 e. The molecule has 5 heteroatoms. The van der Waals surface area contributed by atoms with Gasteiger partial charge in [0.2, 0.25) is 5.91 Å². The lowest BCUT2D eigenvalue weighted by atomic mass is 9.86. The molecular weight excluding hydrogens is 312 g/mol. The molecular formula is C20H30N4O. The largest absolute Gasteiger partial charge is 0.354 e. The van der Waals surface area contributed by atoms with Gasteiger partial charge < -0.3 is 9.80 Å². The maximum Gasteiger partial charge on any atom is 0.223 e. The van der Waals surface area contributed by atoms with Gasteiger partial charge in [0.25, 0.3) is 0 Å². The number of likely N-dealkylation sites (tertiary alicyclic amines) is 1. The second-order valence-corrected chi connectivity index (χ2v) is 8.11. The van der Waals surface area contributed by atoms with Crippen LogP contribution in [0.1, 0.15) is 57.2 Å². The van der Waals surface area contributed by atoms with E-state index < -0.39 is 0 Å². The molecule has 0 spiro atoms. The number of hydrogen-bond acceptors (Lipinski definition) is 4. The normalized spacial score (nSPS) is 27.4. The average Bonchev–Trinajstić information content (AvgIpc) is 3.06. The molecule has 2 saturated heterocycles. The number of amides is 1. The van der Waals surface area contributed by atoms with Gasteiger partial charge in [-0.05, 0) is 50.5 Å². The number of nitrogens with zero attached hydrogens (tertiary/aromatic N) is 4. The first-order valence-electron chi connectivity index (χ1n) is 10.0. The summed E-state index contributed by atoms with van der Waals surface area (Å²) in [4.78, 5) is 26.3. The highest BCUT2D eigenvalue weighted by atomic mass is 16.2. The van der Waals surface area contributed by atoms with Gasteiger partial charge in [-0.15, -0.1) is 0 Å². The number of rotatable bonds is 3. The molecule has 1 amide bonds. The Bertz CT molecular complexity index is 613. The van der Waals surface area contributed by atoms with Gasteiger partial charge in [-0.2, -0.15) is 0 Å². The monoisotopic (exact) mass is 342 g/mol. The standard InChI is InChI=1S/C20H30N4O/c1-15-21-10-7-19(22-15)23-11-8-17-9-12-24(18(17)14-23)20(25)13-16-5-3-2-4-6-16/h7,10,16-18H,2-6,8-9,11-14H2,1H3. The van der Waals surface area contributed by atoms with Crippen molar-refractivity contribution in [3.05, 3.63) is 18.1 Å². The molecule has 5 nitrogen and oxygen atoms in total. The second kappa shape index (κ2) is 7.30. The number of carbonyl (C=O) groups is 1. The van der Waals surface area contributed by atoms with Crippen LogP contribution in [0.15, 0.2) is 12.3 Å². The highest BCUT2D eigenvalue weighted by molar-refractivity contribution is 5.77. The first-order valence-corrected chi connectivity index (χ1v) is 10.0. The van der Waals surface area contributed by atoms with E-state index in [1.807, 2.05) is 19.2 Å². The Morgan fingerprint density at radius 1 is 1.16 bits per heavy atom. The molecule has 0 N–H and O–H groups in total. The molecule has 1 aromatic rings. The zero-order chi connectivity index (χ0) is 17.2. The lowest BCUT2D eigenvalue weighted by Crippen LogP contribution is -2.50. The number of anilines is 1. The molecule has 1 aromatic heterocycles. The first-order chi connectivity index (χ1) is 12.2. The average molecular weight is 342 g/mol. The van der Waals surface area contributed by atoms with Crippen LogP contribution in [0.2, 0.25) is 0 Å². The molecule has 0 bridgehead atoms. The molecule has 1 aliphatic carbocycles. The first kappa shape index (κ1) is 16.8. The number of aryl methyl sites for hydroxylation is 1.